The molecule has 0 fully saturated rings. The summed E-state index contributed by atoms with van der Waals surface area (Å²) in [5, 5.41) is 0. The summed E-state index contributed by atoms with van der Waals surface area (Å²) in [5.41, 5.74) is 8.60. The smallest absolute Gasteiger partial charge is 0.0416 e. The van der Waals surface area contributed by atoms with Crippen LogP contribution in [0, 0.1) is 0 Å². The number of rotatable bonds is 7. The second-order valence-corrected chi connectivity index (χ2v) is 6.15. The summed E-state index contributed by atoms with van der Waals surface area (Å²) in [6.07, 6.45) is 3.76. The van der Waals surface area contributed by atoms with E-state index in [9.17, 15) is 0 Å². The maximum atomic E-state index is 6.28. The quantitative estimate of drug-likeness (QED) is 0.834. The van der Waals surface area contributed by atoms with Crippen LogP contribution in [0.2, 0.25) is 0 Å². The SMILES string of the molecule is CN(CCc1ccccn1)CCC(N)c1ccccc1Br. The summed E-state index contributed by atoms with van der Waals surface area (Å²) < 4.78 is 1.09. The van der Waals surface area contributed by atoms with Gasteiger partial charge in [0, 0.05) is 35.4 Å². The van der Waals surface area contributed by atoms with Gasteiger partial charge in [-0.2, -0.15) is 0 Å². The molecule has 0 saturated carbocycles. The van der Waals surface area contributed by atoms with E-state index in [1.165, 1.54) is 5.56 Å². The van der Waals surface area contributed by atoms with Gasteiger partial charge in [-0.15, -0.1) is 0 Å². The van der Waals surface area contributed by atoms with Crippen molar-refractivity contribution in [3.05, 3.63) is 64.4 Å². The molecule has 112 valence electrons. The van der Waals surface area contributed by atoms with Crippen LogP contribution in [0.1, 0.15) is 23.7 Å². The van der Waals surface area contributed by atoms with Crippen LogP contribution < -0.4 is 5.73 Å². The van der Waals surface area contributed by atoms with Crippen molar-refractivity contribution < 1.29 is 0 Å². The molecule has 4 heteroatoms. The molecule has 0 aliphatic carbocycles. The van der Waals surface area contributed by atoms with E-state index in [1.807, 2.05) is 36.5 Å². The third-order valence-corrected chi connectivity index (χ3v) is 4.32. The minimum atomic E-state index is 0.0675. The number of pyridine rings is 1. The summed E-state index contributed by atoms with van der Waals surface area (Å²) in [5.74, 6) is 0. The Bertz CT molecular complexity index is 545. The highest BCUT2D eigenvalue weighted by atomic mass is 79.9. The van der Waals surface area contributed by atoms with Gasteiger partial charge in [-0.3, -0.25) is 4.98 Å². The van der Waals surface area contributed by atoms with E-state index >= 15 is 0 Å². The Morgan fingerprint density at radius 1 is 1.14 bits per heavy atom. The van der Waals surface area contributed by atoms with Gasteiger partial charge in [0.1, 0.15) is 0 Å². The minimum absolute atomic E-state index is 0.0675. The molecule has 1 heterocycles. The zero-order valence-corrected chi connectivity index (χ0v) is 14.0. The lowest BCUT2D eigenvalue weighted by Gasteiger charge is -2.20. The lowest BCUT2D eigenvalue weighted by molar-refractivity contribution is 0.321. The largest absolute Gasteiger partial charge is 0.324 e. The second-order valence-electron chi connectivity index (χ2n) is 5.29. The van der Waals surface area contributed by atoms with Crippen LogP contribution in [-0.4, -0.2) is 30.0 Å². The molecule has 1 aromatic carbocycles. The summed E-state index contributed by atoms with van der Waals surface area (Å²) in [7, 11) is 2.13. The van der Waals surface area contributed by atoms with Crippen LogP contribution in [0.25, 0.3) is 0 Å². The Labute approximate surface area is 135 Å². The number of halogens is 1. The van der Waals surface area contributed by atoms with Crippen molar-refractivity contribution in [2.45, 2.75) is 18.9 Å². The van der Waals surface area contributed by atoms with Gasteiger partial charge in [-0.1, -0.05) is 40.2 Å². The van der Waals surface area contributed by atoms with Crippen LogP contribution in [0.5, 0.6) is 0 Å². The maximum absolute atomic E-state index is 6.28. The summed E-state index contributed by atoms with van der Waals surface area (Å²) >= 11 is 3.56. The molecular formula is C17H22BrN3. The summed E-state index contributed by atoms with van der Waals surface area (Å²) in [6, 6.07) is 14.3. The first-order valence-corrected chi connectivity index (χ1v) is 8.04. The lowest BCUT2D eigenvalue weighted by atomic mass is 10.0. The molecular weight excluding hydrogens is 326 g/mol. The fourth-order valence-corrected chi connectivity index (χ4v) is 2.83. The molecule has 0 bridgehead atoms. The van der Waals surface area contributed by atoms with Crippen LogP contribution in [-0.2, 0) is 6.42 Å². The van der Waals surface area contributed by atoms with Gasteiger partial charge in [-0.25, -0.2) is 0 Å². The Kier molecular flexibility index (Phi) is 6.36. The molecule has 2 aromatic rings. The highest BCUT2D eigenvalue weighted by Crippen LogP contribution is 2.23. The molecule has 0 aliphatic heterocycles. The Hall–Kier alpha value is -1.23. The van der Waals surface area contributed by atoms with Gasteiger partial charge in [0.15, 0.2) is 0 Å². The first kappa shape index (κ1) is 16.1. The first-order valence-electron chi connectivity index (χ1n) is 7.25. The fourth-order valence-electron chi connectivity index (χ4n) is 2.25. The standard InChI is InChI=1S/C17H22BrN3/c1-21(12-9-14-6-4-5-11-20-14)13-10-17(19)15-7-2-3-8-16(15)18/h2-8,11,17H,9-10,12-13,19H2,1H3. The second kappa shape index (κ2) is 8.27. The normalized spacial score (nSPS) is 12.6. The van der Waals surface area contributed by atoms with E-state index in [0.717, 1.165) is 36.1 Å². The monoisotopic (exact) mass is 347 g/mol. The number of aromatic nitrogens is 1. The van der Waals surface area contributed by atoms with Crippen molar-refractivity contribution in [1.82, 2.24) is 9.88 Å². The van der Waals surface area contributed by atoms with Crippen molar-refractivity contribution in [2.24, 2.45) is 5.73 Å². The third kappa shape index (κ3) is 5.23. The highest BCUT2D eigenvalue weighted by Gasteiger charge is 2.10. The van der Waals surface area contributed by atoms with E-state index in [2.05, 4.69) is 45.0 Å². The van der Waals surface area contributed by atoms with E-state index in [0.29, 0.717) is 0 Å². The lowest BCUT2D eigenvalue weighted by Crippen LogP contribution is -2.26. The summed E-state index contributed by atoms with van der Waals surface area (Å²) in [4.78, 5) is 6.66. The maximum Gasteiger partial charge on any atom is 0.0416 e. The van der Waals surface area contributed by atoms with Gasteiger partial charge < -0.3 is 10.6 Å². The van der Waals surface area contributed by atoms with Crippen molar-refractivity contribution >= 4 is 15.9 Å². The molecule has 2 rings (SSSR count). The molecule has 0 amide bonds. The van der Waals surface area contributed by atoms with E-state index in [1.54, 1.807) is 0 Å². The van der Waals surface area contributed by atoms with Crippen molar-refractivity contribution in [2.75, 3.05) is 20.1 Å². The van der Waals surface area contributed by atoms with Gasteiger partial charge in [-0.05, 0) is 43.8 Å². The number of nitrogens with zero attached hydrogens (tertiary/aromatic N) is 2. The number of likely N-dealkylation sites (N-methyl/N-ethyl adjacent to an activating group) is 1. The van der Waals surface area contributed by atoms with Gasteiger partial charge in [0.25, 0.3) is 0 Å². The van der Waals surface area contributed by atoms with Crippen molar-refractivity contribution in [1.29, 1.82) is 0 Å². The molecule has 1 unspecified atom stereocenters. The Morgan fingerprint density at radius 3 is 2.62 bits per heavy atom. The topological polar surface area (TPSA) is 42.2 Å². The molecule has 3 nitrogen and oxygen atoms in total. The molecule has 21 heavy (non-hydrogen) atoms. The fraction of sp³-hybridized carbons (Fsp3) is 0.353. The molecule has 0 aliphatic rings. The van der Waals surface area contributed by atoms with Gasteiger partial charge >= 0.3 is 0 Å². The molecule has 0 radical (unpaired) electrons. The number of hydrogen-bond acceptors (Lipinski definition) is 3. The number of nitrogens with two attached hydrogens (primary N) is 1. The zero-order chi connectivity index (χ0) is 15.1. The van der Waals surface area contributed by atoms with Crippen LogP contribution >= 0.6 is 15.9 Å². The highest BCUT2D eigenvalue weighted by molar-refractivity contribution is 9.10. The molecule has 1 aromatic heterocycles. The first-order chi connectivity index (χ1) is 10.2. The van der Waals surface area contributed by atoms with Crippen LogP contribution in [0.4, 0.5) is 0 Å². The van der Waals surface area contributed by atoms with Gasteiger partial charge in [0.05, 0.1) is 0 Å². The average Bonchev–Trinajstić information content (AvgIpc) is 2.52. The van der Waals surface area contributed by atoms with Crippen molar-refractivity contribution in [3.63, 3.8) is 0 Å². The minimum Gasteiger partial charge on any atom is -0.324 e. The average molecular weight is 348 g/mol. The van der Waals surface area contributed by atoms with Crippen molar-refractivity contribution in [3.8, 4) is 0 Å². The van der Waals surface area contributed by atoms with E-state index in [4.69, 9.17) is 5.73 Å². The molecule has 0 saturated heterocycles. The number of hydrogen-bond donors (Lipinski definition) is 1. The molecule has 0 spiro atoms. The Morgan fingerprint density at radius 2 is 1.90 bits per heavy atom. The summed E-state index contributed by atoms with van der Waals surface area (Å²) in [6.45, 7) is 1.98. The molecule has 1 atom stereocenters. The van der Waals surface area contributed by atoms with E-state index < -0.39 is 0 Å². The predicted molar refractivity (Wildman–Crippen MR) is 91.1 cm³/mol. The predicted octanol–water partition coefficient (Wildman–Crippen LogP) is 3.41. The van der Waals surface area contributed by atoms with Crippen LogP contribution in [0.3, 0.4) is 0 Å². The number of benzene rings is 1. The van der Waals surface area contributed by atoms with E-state index in [-0.39, 0.29) is 6.04 Å². The zero-order valence-electron chi connectivity index (χ0n) is 12.4. The van der Waals surface area contributed by atoms with Gasteiger partial charge in [0.2, 0.25) is 0 Å². The van der Waals surface area contributed by atoms with Crippen LogP contribution in [0.15, 0.2) is 53.1 Å². The third-order valence-electron chi connectivity index (χ3n) is 3.60. The Balaban J connectivity index is 1.76. The molecule has 2 N–H and O–H groups in total.